The van der Waals surface area contributed by atoms with Crippen molar-refractivity contribution in [3.63, 3.8) is 0 Å². The van der Waals surface area contributed by atoms with Crippen LogP contribution in [0.2, 0.25) is 0 Å². The van der Waals surface area contributed by atoms with E-state index in [1.54, 1.807) is 84.9 Å². The van der Waals surface area contributed by atoms with Crippen molar-refractivity contribution in [1.82, 2.24) is 24.1 Å². The van der Waals surface area contributed by atoms with Gasteiger partial charge in [-0.3, -0.25) is 0 Å². The van der Waals surface area contributed by atoms with Crippen LogP contribution < -0.4 is 0 Å². The van der Waals surface area contributed by atoms with Gasteiger partial charge in [-0.15, -0.1) is 0 Å². The molecule has 0 N–H and O–H groups in total. The van der Waals surface area contributed by atoms with Gasteiger partial charge in [-0.2, -0.15) is 21.0 Å². The van der Waals surface area contributed by atoms with Crippen LogP contribution in [0.15, 0.2) is 267 Å². The summed E-state index contributed by atoms with van der Waals surface area (Å²) in [6.07, 6.45) is 0. The average molecular weight is 1320 g/mol. The van der Waals surface area contributed by atoms with Gasteiger partial charge >= 0.3 is 0 Å². The summed E-state index contributed by atoms with van der Waals surface area (Å²) in [5.74, 6) is 1.33. The lowest BCUT2D eigenvalue weighted by Gasteiger charge is -2.21. The number of fused-ring (bicyclic) bond motifs is 6. The van der Waals surface area contributed by atoms with Crippen molar-refractivity contribution >= 4 is 72.0 Å². The van der Waals surface area contributed by atoms with Crippen molar-refractivity contribution in [2.24, 2.45) is 0 Å². The molecule has 474 valence electrons. The molecule has 0 saturated heterocycles. The molecule has 0 atom stereocenters. The van der Waals surface area contributed by atoms with Crippen molar-refractivity contribution in [3.8, 4) is 137 Å². The second-order valence-corrected chi connectivity index (χ2v) is 24.6. The molecule has 16 aromatic rings. The van der Waals surface area contributed by atoms with E-state index in [1.165, 1.54) is 0 Å². The summed E-state index contributed by atoms with van der Waals surface area (Å²) in [7, 11) is 0. The fraction of sp³-hybridized carbons (Fsp3) is 0. The zero-order chi connectivity index (χ0) is 71.1. The van der Waals surface area contributed by atoms with E-state index in [4.69, 9.17) is 47.8 Å². The molecule has 16 rings (SSSR count). The summed E-state index contributed by atoms with van der Waals surface area (Å²) < 4.78 is 4.46. The van der Waals surface area contributed by atoms with E-state index in [0.717, 1.165) is 111 Å². The number of nitrogens with zero attached hydrogens (tertiary/aromatic N) is 14. The molecule has 0 bridgehead atoms. The molecule has 3 aromatic heterocycles. The fourth-order valence-corrected chi connectivity index (χ4v) is 13.9. The van der Waals surface area contributed by atoms with Crippen molar-refractivity contribution in [1.29, 1.82) is 21.0 Å². The average Bonchev–Trinajstić information content (AvgIpc) is 1.54. The van der Waals surface area contributed by atoms with Crippen LogP contribution in [0, 0.1) is 78.2 Å². The van der Waals surface area contributed by atoms with E-state index in [9.17, 15) is 21.0 Å². The Morgan fingerprint density at radius 3 is 1.06 bits per heavy atom. The second kappa shape index (κ2) is 26.0. The Balaban J connectivity index is 1.03. The predicted octanol–water partition coefficient (Wildman–Crippen LogP) is 23.3. The van der Waals surface area contributed by atoms with Crippen molar-refractivity contribution < 1.29 is 0 Å². The first kappa shape index (κ1) is 62.7. The van der Waals surface area contributed by atoms with Gasteiger partial charge < -0.3 is 9.13 Å². The molecule has 0 aliphatic heterocycles. The normalized spacial score (nSPS) is 10.8. The third-order valence-electron chi connectivity index (χ3n) is 18.8. The molecule has 0 spiro atoms. The van der Waals surface area contributed by atoms with Crippen LogP contribution in [0.4, 0.5) is 28.4 Å². The highest BCUT2D eigenvalue weighted by Crippen LogP contribution is 2.48. The van der Waals surface area contributed by atoms with Crippen LogP contribution in [-0.4, -0.2) is 24.1 Å². The number of hydrogen-bond acceptors (Lipinski definition) is 7. The Hall–Kier alpha value is -16.1. The molecule has 0 fully saturated rings. The van der Waals surface area contributed by atoms with Crippen LogP contribution in [0.25, 0.3) is 180 Å². The SMILES string of the molecule is [C-]#[N+]c1ccc(-c2ccc(-c3cc(-c4nc(-c5ccccc5)nc(-c5ccccc5)n4)ccc3-n3c4ccc(-c5ccc([N+]#[C-])cc5C#N)cc4c4cc(-c5ccc(C#N)cc5[N+]#[C-])ccc43)c(-n3c4ccc(-c5ccc([N+]#[C-])cc5C#N)cc4c4cc(-c5ccc(C#N)cc5[N+]#[C-])ccc43)c2)cc1. The van der Waals surface area contributed by atoms with Crippen LogP contribution in [0.3, 0.4) is 0 Å². The van der Waals surface area contributed by atoms with Crippen molar-refractivity contribution in [2.45, 2.75) is 0 Å². The molecule has 0 unspecified atom stereocenters. The summed E-state index contributed by atoms with van der Waals surface area (Å²) in [5.41, 5.74) is 18.6. The number of benzene rings is 13. The highest BCUT2D eigenvalue weighted by molar-refractivity contribution is 6.15. The second-order valence-electron chi connectivity index (χ2n) is 24.6. The lowest BCUT2D eigenvalue weighted by atomic mass is 9.94. The zero-order valence-corrected chi connectivity index (χ0v) is 54.7. The van der Waals surface area contributed by atoms with E-state index in [2.05, 4.69) is 112 Å². The molecule has 0 aliphatic rings. The monoisotopic (exact) mass is 1320 g/mol. The van der Waals surface area contributed by atoms with E-state index < -0.39 is 0 Å². The van der Waals surface area contributed by atoms with E-state index in [1.807, 2.05) is 127 Å². The zero-order valence-electron chi connectivity index (χ0n) is 54.7. The topological polar surface area (TPSA) is 165 Å². The third-order valence-corrected chi connectivity index (χ3v) is 18.8. The Bertz CT molecular complexity index is 6450. The molecule has 13 aromatic carbocycles. The number of nitriles is 4. The molecule has 0 radical (unpaired) electrons. The minimum Gasteiger partial charge on any atom is -0.309 e. The molecule has 0 aliphatic carbocycles. The van der Waals surface area contributed by atoms with E-state index in [-0.39, 0.29) is 0 Å². The minimum absolute atomic E-state index is 0.310. The first-order valence-corrected chi connectivity index (χ1v) is 32.6. The summed E-state index contributed by atoms with van der Waals surface area (Å²) >= 11 is 0. The number of hydrogen-bond donors (Lipinski definition) is 0. The van der Waals surface area contributed by atoms with Gasteiger partial charge in [-0.25, -0.2) is 39.2 Å². The molecule has 3 heterocycles. The van der Waals surface area contributed by atoms with Gasteiger partial charge in [0, 0.05) is 71.6 Å². The largest absolute Gasteiger partial charge is 0.309 e. The van der Waals surface area contributed by atoms with Gasteiger partial charge in [0.05, 0.1) is 90.6 Å². The van der Waals surface area contributed by atoms with E-state index in [0.29, 0.717) is 96.0 Å². The van der Waals surface area contributed by atoms with Gasteiger partial charge in [0.2, 0.25) is 0 Å². The van der Waals surface area contributed by atoms with Gasteiger partial charge in [0.25, 0.3) is 0 Å². The molecular formula is C90H44N14. The molecule has 14 heteroatoms. The minimum atomic E-state index is 0.310. The standard InChI is InChI=1S/C90H44N14/c1-95-67-26-18-56(19-27-67)59-20-32-74(87(49-59)104-85-36-22-61(71-34-29-69(97-3)43-66(71)53-94)45-77(85)79-47-63(24-38-86(79)104)73-31-17-55(51-92)41-81(73)99-5)75-48-64(90-101-88(57-12-8-6-9-13-57)100-89(102-90)58-14-10-7-11-15-58)25-39-82(75)103-83-35-21-60(70-33-28-68(96-2)42-65(70)52-93)44-76(83)78-46-62(23-37-84(78)103)72-30-16-54(50-91)40-80(72)98-4/h6-49H. The Labute approximate surface area is 596 Å². The fourth-order valence-electron chi connectivity index (χ4n) is 13.9. The van der Waals surface area contributed by atoms with Crippen molar-refractivity contribution in [3.05, 3.63) is 346 Å². The molecular weight excluding hydrogens is 1280 g/mol. The highest BCUT2D eigenvalue weighted by atomic mass is 15.0. The van der Waals surface area contributed by atoms with E-state index >= 15 is 0 Å². The molecule has 104 heavy (non-hydrogen) atoms. The maximum absolute atomic E-state index is 10.6. The van der Waals surface area contributed by atoms with Gasteiger partial charge in [0.1, 0.15) is 0 Å². The first-order chi connectivity index (χ1) is 51.1. The van der Waals surface area contributed by atoms with Gasteiger partial charge in [-0.1, -0.05) is 158 Å². The maximum Gasteiger partial charge on any atom is 0.196 e. The summed E-state index contributed by atoms with van der Waals surface area (Å²) in [5, 5.41) is 44.4. The highest BCUT2D eigenvalue weighted by Gasteiger charge is 2.26. The van der Waals surface area contributed by atoms with Crippen LogP contribution in [-0.2, 0) is 0 Å². The van der Waals surface area contributed by atoms with Crippen molar-refractivity contribution in [2.75, 3.05) is 0 Å². The lowest BCUT2D eigenvalue weighted by molar-refractivity contribution is 1.07. The summed E-state index contributed by atoms with van der Waals surface area (Å²) in [6, 6.07) is 93.4. The molecule has 0 amide bonds. The third kappa shape index (κ3) is 10.9. The first-order valence-electron chi connectivity index (χ1n) is 32.6. The molecule has 0 saturated carbocycles. The van der Waals surface area contributed by atoms with Gasteiger partial charge in [0.15, 0.2) is 45.9 Å². The van der Waals surface area contributed by atoms with Crippen LogP contribution >= 0.6 is 0 Å². The number of rotatable bonds is 11. The quantitative estimate of drug-likeness (QED) is 0.116. The smallest absolute Gasteiger partial charge is 0.196 e. The van der Waals surface area contributed by atoms with Crippen LogP contribution in [0.1, 0.15) is 22.3 Å². The summed E-state index contributed by atoms with van der Waals surface area (Å²) in [6.45, 7) is 40.1. The Morgan fingerprint density at radius 2 is 0.635 bits per heavy atom. The van der Waals surface area contributed by atoms with Crippen LogP contribution in [0.5, 0.6) is 0 Å². The Morgan fingerprint density at radius 1 is 0.260 bits per heavy atom. The predicted molar refractivity (Wildman–Crippen MR) is 408 cm³/mol. The molecule has 14 nitrogen and oxygen atoms in total. The Kier molecular flexibility index (Phi) is 15.7. The summed E-state index contributed by atoms with van der Waals surface area (Å²) in [4.78, 5) is 34.4. The number of aromatic nitrogens is 5. The lowest BCUT2D eigenvalue weighted by Crippen LogP contribution is -2.04. The van der Waals surface area contributed by atoms with Gasteiger partial charge in [-0.05, 0) is 165 Å². The maximum atomic E-state index is 10.6.